The van der Waals surface area contributed by atoms with E-state index in [1.54, 1.807) is 6.08 Å². The van der Waals surface area contributed by atoms with Crippen molar-refractivity contribution in [1.29, 1.82) is 0 Å². The predicted octanol–water partition coefficient (Wildman–Crippen LogP) is 2.80. The molecule has 2 rings (SSSR count). The Morgan fingerprint density at radius 2 is 2.00 bits per heavy atom. The van der Waals surface area contributed by atoms with Crippen LogP contribution in [0.15, 0.2) is 34.8 Å². The Morgan fingerprint density at radius 3 is 2.61 bits per heavy atom. The van der Waals surface area contributed by atoms with Gasteiger partial charge in [-0.3, -0.25) is 0 Å². The van der Waals surface area contributed by atoms with E-state index >= 15 is 0 Å². The van der Waals surface area contributed by atoms with Crippen molar-refractivity contribution in [3.63, 3.8) is 0 Å². The smallest absolute Gasteiger partial charge is 0.457 e. The molecule has 0 spiro atoms. The third kappa shape index (κ3) is 2.21. The number of rotatable bonds is 4. The van der Waals surface area contributed by atoms with E-state index in [0.29, 0.717) is 11.2 Å². The van der Waals surface area contributed by atoms with Gasteiger partial charge in [-0.2, -0.15) is 0 Å². The van der Waals surface area contributed by atoms with Gasteiger partial charge in [-0.15, -0.1) is 0 Å². The zero-order valence-corrected chi connectivity index (χ0v) is 10.7. The quantitative estimate of drug-likeness (QED) is 0.813. The Bertz CT molecular complexity index is 569. The molecule has 0 radical (unpaired) electrons. The first kappa shape index (κ1) is 12.9. The van der Waals surface area contributed by atoms with Crippen LogP contribution in [0.3, 0.4) is 0 Å². The average Bonchev–Trinajstić information content (AvgIpc) is 2.73. The summed E-state index contributed by atoms with van der Waals surface area (Å²) >= 11 is 0. The summed E-state index contributed by atoms with van der Waals surface area (Å²) < 4.78 is 5.78. The van der Waals surface area contributed by atoms with Crippen molar-refractivity contribution in [2.24, 2.45) is 0 Å². The fourth-order valence-corrected chi connectivity index (χ4v) is 2.22. The lowest BCUT2D eigenvalue weighted by atomic mass is 9.76. The van der Waals surface area contributed by atoms with Crippen LogP contribution in [-0.2, 0) is 6.42 Å². The van der Waals surface area contributed by atoms with Crippen LogP contribution < -0.4 is 0 Å². The van der Waals surface area contributed by atoms with Gasteiger partial charge in [0.25, 0.3) is 0 Å². The summed E-state index contributed by atoms with van der Waals surface area (Å²) in [7, 11) is -1.50. The molecule has 2 N–H and O–H groups in total. The summed E-state index contributed by atoms with van der Waals surface area (Å²) in [6, 6.07) is 7.76. The molecule has 0 unspecified atom stereocenters. The Morgan fingerprint density at radius 1 is 1.28 bits per heavy atom. The molecule has 0 saturated carbocycles. The fourth-order valence-electron chi connectivity index (χ4n) is 2.22. The molecule has 0 aliphatic heterocycles. The number of hydrogen-bond donors (Lipinski definition) is 2. The molecule has 4 heteroatoms. The molecule has 1 heterocycles. The second-order valence-corrected chi connectivity index (χ2v) is 4.20. The first-order valence-electron chi connectivity index (χ1n) is 6.26. The van der Waals surface area contributed by atoms with E-state index in [4.69, 9.17) is 4.42 Å². The number of para-hydroxylation sites is 1. The van der Waals surface area contributed by atoms with Gasteiger partial charge in [-0.1, -0.05) is 38.1 Å². The van der Waals surface area contributed by atoms with Crippen LogP contribution in [0.4, 0.5) is 0 Å². The van der Waals surface area contributed by atoms with Crippen LogP contribution in [0.1, 0.15) is 31.6 Å². The molecule has 18 heavy (non-hydrogen) atoms. The second kappa shape index (κ2) is 5.42. The Balaban J connectivity index is 2.66. The molecular weight excluding hydrogens is 227 g/mol. The highest BCUT2D eigenvalue weighted by Crippen LogP contribution is 2.31. The predicted molar refractivity (Wildman–Crippen MR) is 74.1 cm³/mol. The highest BCUT2D eigenvalue weighted by Gasteiger charge is 2.23. The Kier molecular flexibility index (Phi) is 3.89. The number of fused-ring (bicyclic) bond motifs is 1. The summed E-state index contributed by atoms with van der Waals surface area (Å²) in [6.07, 6.45) is 3.31. The minimum atomic E-state index is -1.50. The van der Waals surface area contributed by atoms with Crippen molar-refractivity contribution in [2.75, 3.05) is 0 Å². The maximum atomic E-state index is 9.47. The van der Waals surface area contributed by atoms with Gasteiger partial charge in [-0.25, -0.2) is 0 Å². The van der Waals surface area contributed by atoms with Crippen LogP contribution >= 0.6 is 0 Å². The van der Waals surface area contributed by atoms with Crippen LogP contribution in [-0.4, -0.2) is 17.2 Å². The molecule has 94 valence electrons. The molecule has 0 saturated heterocycles. The normalized spacial score (nSPS) is 12.1. The number of allylic oxidation sites excluding steroid dienone is 1. The molecule has 0 amide bonds. The zero-order chi connectivity index (χ0) is 13.1. The number of furan rings is 1. The van der Waals surface area contributed by atoms with Crippen molar-refractivity contribution in [1.82, 2.24) is 0 Å². The summed E-state index contributed by atoms with van der Waals surface area (Å²) in [4.78, 5) is 0. The maximum Gasteiger partial charge on any atom is 0.491 e. The summed E-state index contributed by atoms with van der Waals surface area (Å²) in [5.41, 5.74) is 2.26. The molecule has 0 bridgehead atoms. The van der Waals surface area contributed by atoms with Crippen molar-refractivity contribution in [2.45, 2.75) is 26.7 Å². The number of aryl methyl sites for hydroxylation is 1. The van der Waals surface area contributed by atoms with Crippen LogP contribution in [0, 0.1) is 0 Å². The van der Waals surface area contributed by atoms with Gasteiger partial charge < -0.3 is 14.5 Å². The lowest BCUT2D eigenvalue weighted by Crippen LogP contribution is -2.14. The highest BCUT2D eigenvalue weighted by atomic mass is 16.4. The van der Waals surface area contributed by atoms with Gasteiger partial charge in [-0.05, 0) is 18.9 Å². The van der Waals surface area contributed by atoms with Crippen molar-refractivity contribution >= 4 is 23.6 Å². The monoisotopic (exact) mass is 244 g/mol. The summed E-state index contributed by atoms with van der Waals surface area (Å²) in [5, 5.41) is 20.0. The minimum absolute atomic E-state index is 0.450. The second-order valence-electron chi connectivity index (χ2n) is 4.20. The molecule has 1 aromatic heterocycles. The zero-order valence-electron chi connectivity index (χ0n) is 10.7. The lowest BCUT2D eigenvalue weighted by Gasteiger charge is -2.05. The van der Waals surface area contributed by atoms with Crippen molar-refractivity contribution in [3.8, 4) is 0 Å². The fraction of sp³-hybridized carbons (Fsp3) is 0.286. The van der Waals surface area contributed by atoms with Crippen LogP contribution in [0.25, 0.3) is 16.4 Å². The van der Waals surface area contributed by atoms with E-state index in [2.05, 4.69) is 0 Å². The number of hydrogen-bond acceptors (Lipinski definition) is 3. The first-order valence-corrected chi connectivity index (χ1v) is 6.26. The molecule has 3 nitrogen and oxygen atoms in total. The summed E-state index contributed by atoms with van der Waals surface area (Å²) in [6.45, 7) is 3.99. The van der Waals surface area contributed by atoms with E-state index < -0.39 is 7.12 Å². The topological polar surface area (TPSA) is 53.6 Å². The van der Waals surface area contributed by atoms with E-state index in [0.717, 1.165) is 29.4 Å². The van der Waals surface area contributed by atoms with E-state index in [1.165, 1.54) is 0 Å². The van der Waals surface area contributed by atoms with Gasteiger partial charge in [0.15, 0.2) is 0 Å². The standard InChI is InChI=1S/C14H17BO3/c1-3-7-12(15(16)17)14-10(4-2)11-8-5-6-9-13(11)18-14/h5-9,16-17H,3-4H2,1-2H3/b12-7+. The van der Waals surface area contributed by atoms with Crippen LogP contribution in [0.5, 0.6) is 0 Å². The largest absolute Gasteiger partial charge is 0.491 e. The van der Waals surface area contributed by atoms with Crippen molar-refractivity contribution in [3.05, 3.63) is 41.7 Å². The Hall–Kier alpha value is -1.52. The third-order valence-electron chi connectivity index (χ3n) is 3.02. The maximum absolute atomic E-state index is 9.47. The van der Waals surface area contributed by atoms with E-state index in [1.807, 2.05) is 38.1 Å². The van der Waals surface area contributed by atoms with E-state index in [9.17, 15) is 10.0 Å². The molecular formula is C14H17BO3. The van der Waals surface area contributed by atoms with Crippen LogP contribution in [0.2, 0.25) is 0 Å². The average molecular weight is 244 g/mol. The van der Waals surface area contributed by atoms with Gasteiger partial charge in [0.05, 0.1) is 0 Å². The van der Waals surface area contributed by atoms with Gasteiger partial charge in [0.2, 0.25) is 0 Å². The SMILES string of the molecule is CC/C=C(/B(O)O)c1oc2ccccc2c1CC. The molecule has 2 aromatic rings. The van der Waals surface area contributed by atoms with Gasteiger partial charge in [0, 0.05) is 16.4 Å². The van der Waals surface area contributed by atoms with Gasteiger partial charge in [0.1, 0.15) is 11.3 Å². The van der Waals surface area contributed by atoms with Gasteiger partial charge >= 0.3 is 7.12 Å². The lowest BCUT2D eigenvalue weighted by molar-refractivity contribution is 0.425. The first-order chi connectivity index (χ1) is 8.69. The molecule has 1 aromatic carbocycles. The highest BCUT2D eigenvalue weighted by molar-refractivity contribution is 6.65. The minimum Gasteiger partial charge on any atom is -0.457 e. The third-order valence-corrected chi connectivity index (χ3v) is 3.02. The molecule has 0 fully saturated rings. The summed E-state index contributed by atoms with van der Waals surface area (Å²) in [5.74, 6) is 0.593. The molecule has 0 atom stereocenters. The molecule has 0 aliphatic rings. The van der Waals surface area contributed by atoms with Crippen molar-refractivity contribution < 1.29 is 14.5 Å². The molecule has 0 aliphatic carbocycles. The van der Waals surface area contributed by atoms with E-state index in [-0.39, 0.29) is 0 Å². The Labute approximate surface area is 107 Å². The number of benzene rings is 1.